The molecule has 1 amide bonds. The highest BCUT2D eigenvalue weighted by atomic mass is 16.4. The number of nitrogens with two attached hydrogens (primary N) is 1. The average molecular weight is 338 g/mol. The third-order valence-corrected chi connectivity index (χ3v) is 3.88. The van der Waals surface area contributed by atoms with Gasteiger partial charge in [-0.25, -0.2) is 0 Å². The van der Waals surface area contributed by atoms with Crippen molar-refractivity contribution in [2.24, 2.45) is 11.7 Å². The molecule has 2 rings (SSSR count). The number of benzene rings is 1. The van der Waals surface area contributed by atoms with E-state index in [1.165, 1.54) is 0 Å². The standard InChI is InChI=1S/C15H22N2O3.C2H4O2/c16-13-5-4-12(7-14(13)19)15(20)17-8-10-2-1-3-11(6-10)9-18;1-2(3)4/h1-3,6,12-14,18-19H,4-5,7-9,16H2,(H,17,20);1H3,(H,3,4)/t12-,13+,14+;/m0./s1. The summed E-state index contributed by atoms with van der Waals surface area (Å²) in [6.45, 7) is 1.51. The van der Waals surface area contributed by atoms with Crippen molar-refractivity contribution < 1.29 is 24.9 Å². The Labute approximate surface area is 141 Å². The second-order valence-corrected chi connectivity index (χ2v) is 5.96. The molecule has 0 heterocycles. The molecule has 1 fully saturated rings. The van der Waals surface area contributed by atoms with E-state index in [4.69, 9.17) is 20.7 Å². The number of nitrogens with one attached hydrogen (secondary N) is 1. The van der Waals surface area contributed by atoms with Gasteiger partial charge in [0.15, 0.2) is 0 Å². The molecule has 3 atom stereocenters. The molecule has 1 aliphatic carbocycles. The lowest BCUT2D eigenvalue weighted by Gasteiger charge is -2.29. The predicted octanol–water partition coefficient (Wildman–Crippen LogP) is 0.374. The van der Waals surface area contributed by atoms with Crippen LogP contribution in [0.1, 0.15) is 37.3 Å². The minimum absolute atomic E-state index is 0.00546. The van der Waals surface area contributed by atoms with Crippen molar-refractivity contribution in [2.75, 3.05) is 0 Å². The van der Waals surface area contributed by atoms with Crippen LogP contribution in [0.25, 0.3) is 0 Å². The largest absolute Gasteiger partial charge is 0.481 e. The van der Waals surface area contributed by atoms with E-state index in [1.54, 1.807) is 0 Å². The number of hydrogen-bond acceptors (Lipinski definition) is 5. The van der Waals surface area contributed by atoms with Crippen LogP contribution in [0.5, 0.6) is 0 Å². The summed E-state index contributed by atoms with van der Waals surface area (Å²) >= 11 is 0. The van der Waals surface area contributed by atoms with Crippen molar-refractivity contribution >= 4 is 11.9 Å². The van der Waals surface area contributed by atoms with Gasteiger partial charge in [0.2, 0.25) is 5.91 Å². The van der Waals surface area contributed by atoms with Crippen molar-refractivity contribution in [2.45, 2.75) is 51.5 Å². The predicted molar refractivity (Wildman–Crippen MR) is 88.8 cm³/mol. The normalized spacial score (nSPS) is 22.9. The van der Waals surface area contributed by atoms with Crippen molar-refractivity contribution in [1.82, 2.24) is 5.32 Å². The summed E-state index contributed by atoms with van der Waals surface area (Å²) in [5.74, 6) is -1.03. The van der Waals surface area contributed by atoms with Gasteiger partial charge < -0.3 is 26.4 Å². The third kappa shape index (κ3) is 7.08. The molecule has 0 unspecified atom stereocenters. The first kappa shape index (κ1) is 20.1. The van der Waals surface area contributed by atoms with E-state index < -0.39 is 12.1 Å². The zero-order chi connectivity index (χ0) is 18.1. The molecule has 7 nitrogen and oxygen atoms in total. The van der Waals surface area contributed by atoms with Gasteiger partial charge in [0.25, 0.3) is 5.97 Å². The lowest BCUT2D eigenvalue weighted by molar-refractivity contribution is -0.134. The number of hydrogen-bond donors (Lipinski definition) is 5. The van der Waals surface area contributed by atoms with Crippen molar-refractivity contribution in [3.05, 3.63) is 35.4 Å². The van der Waals surface area contributed by atoms with Crippen LogP contribution in [0.2, 0.25) is 0 Å². The van der Waals surface area contributed by atoms with Gasteiger partial charge in [-0.2, -0.15) is 0 Å². The molecule has 7 heteroatoms. The number of aliphatic carboxylic acids is 1. The average Bonchev–Trinajstić information content (AvgIpc) is 2.55. The van der Waals surface area contributed by atoms with E-state index in [2.05, 4.69) is 5.32 Å². The molecule has 0 spiro atoms. The third-order valence-electron chi connectivity index (χ3n) is 3.88. The number of rotatable bonds is 4. The molecule has 1 aromatic carbocycles. The molecule has 6 N–H and O–H groups in total. The first-order valence-corrected chi connectivity index (χ1v) is 7.93. The fourth-order valence-electron chi connectivity index (χ4n) is 2.58. The zero-order valence-electron chi connectivity index (χ0n) is 13.8. The number of carboxylic acid groups (broad SMARTS) is 1. The van der Waals surface area contributed by atoms with Crippen molar-refractivity contribution in [3.63, 3.8) is 0 Å². The van der Waals surface area contributed by atoms with Crippen molar-refractivity contribution in [1.29, 1.82) is 0 Å². The monoisotopic (exact) mass is 338 g/mol. The van der Waals surface area contributed by atoms with Gasteiger partial charge in [-0.3, -0.25) is 9.59 Å². The number of aliphatic hydroxyl groups is 2. The minimum Gasteiger partial charge on any atom is -0.481 e. The Bertz CT molecular complexity index is 546. The van der Waals surface area contributed by atoms with Crippen LogP contribution >= 0.6 is 0 Å². The van der Waals surface area contributed by atoms with E-state index in [1.807, 2.05) is 24.3 Å². The fourth-order valence-corrected chi connectivity index (χ4v) is 2.58. The van der Waals surface area contributed by atoms with Crippen LogP contribution in [0.3, 0.4) is 0 Å². The molecule has 0 bridgehead atoms. The Morgan fingerprint density at radius 1 is 1.29 bits per heavy atom. The molecular formula is C17H26N2O5. The topological polar surface area (TPSA) is 133 Å². The van der Waals surface area contributed by atoms with E-state index in [0.717, 1.165) is 24.5 Å². The quantitative estimate of drug-likeness (QED) is 0.539. The smallest absolute Gasteiger partial charge is 0.300 e. The van der Waals surface area contributed by atoms with Gasteiger partial charge in [-0.15, -0.1) is 0 Å². The van der Waals surface area contributed by atoms with Gasteiger partial charge in [-0.05, 0) is 30.4 Å². The van der Waals surface area contributed by atoms with Crippen LogP contribution in [0.15, 0.2) is 24.3 Å². The molecular weight excluding hydrogens is 312 g/mol. The van der Waals surface area contributed by atoms with Crippen LogP contribution in [-0.2, 0) is 22.7 Å². The Balaban J connectivity index is 0.000000648. The second-order valence-electron chi connectivity index (χ2n) is 5.96. The van der Waals surface area contributed by atoms with Gasteiger partial charge in [0.05, 0.1) is 12.7 Å². The molecule has 134 valence electrons. The Hall–Kier alpha value is -1.96. The Morgan fingerprint density at radius 3 is 2.50 bits per heavy atom. The van der Waals surface area contributed by atoms with Gasteiger partial charge in [0, 0.05) is 25.4 Å². The van der Waals surface area contributed by atoms with E-state index in [-0.39, 0.29) is 24.5 Å². The summed E-state index contributed by atoms with van der Waals surface area (Å²) in [7, 11) is 0. The minimum atomic E-state index is -0.833. The number of carbonyl (C=O) groups excluding carboxylic acids is 1. The highest BCUT2D eigenvalue weighted by Gasteiger charge is 2.30. The first-order chi connectivity index (χ1) is 11.3. The van der Waals surface area contributed by atoms with Crippen LogP contribution in [0, 0.1) is 5.92 Å². The van der Waals surface area contributed by atoms with E-state index in [9.17, 15) is 9.90 Å². The van der Waals surface area contributed by atoms with Crippen molar-refractivity contribution in [3.8, 4) is 0 Å². The molecule has 0 saturated heterocycles. The maximum atomic E-state index is 12.1. The summed E-state index contributed by atoms with van der Waals surface area (Å²) < 4.78 is 0. The first-order valence-electron chi connectivity index (χ1n) is 7.93. The van der Waals surface area contributed by atoms with Crippen LogP contribution in [-0.4, -0.2) is 39.3 Å². The van der Waals surface area contributed by atoms with E-state index >= 15 is 0 Å². The molecule has 24 heavy (non-hydrogen) atoms. The van der Waals surface area contributed by atoms with Crippen LogP contribution < -0.4 is 11.1 Å². The van der Waals surface area contributed by atoms with Gasteiger partial charge >= 0.3 is 0 Å². The molecule has 1 saturated carbocycles. The lowest BCUT2D eigenvalue weighted by Crippen LogP contribution is -2.44. The fraction of sp³-hybridized carbons (Fsp3) is 0.529. The molecule has 0 aliphatic heterocycles. The lowest BCUT2D eigenvalue weighted by atomic mass is 9.84. The highest BCUT2D eigenvalue weighted by Crippen LogP contribution is 2.23. The number of aliphatic hydroxyl groups excluding tert-OH is 2. The van der Waals surface area contributed by atoms with Crippen LogP contribution in [0.4, 0.5) is 0 Å². The molecule has 0 aromatic heterocycles. The maximum absolute atomic E-state index is 12.1. The summed E-state index contributed by atoms with van der Waals surface area (Å²) in [5, 5.41) is 29.1. The molecule has 0 radical (unpaired) electrons. The summed E-state index contributed by atoms with van der Waals surface area (Å²) in [6.07, 6.45) is 1.25. The molecule has 1 aromatic rings. The second kappa shape index (κ2) is 10.0. The van der Waals surface area contributed by atoms with Gasteiger partial charge in [-0.1, -0.05) is 24.3 Å². The summed E-state index contributed by atoms with van der Waals surface area (Å²) in [4.78, 5) is 21.1. The maximum Gasteiger partial charge on any atom is 0.300 e. The number of carbonyl (C=O) groups is 2. The number of amides is 1. The highest BCUT2D eigenvalue weighted by molar-refractivity contribution is 5.78. The molecule has 1 aliphatic rings. The number of carboxylic acids is 1. The Kier molecular flexibility index (Phi) is 8.39. The Morgan fingerprint density at radius 2 is 1.92 bits per heavy atom. The summed E-state index contributed by atoms with van der Waals surface area (Å²) in [6, 6.07) is 7.26. The zero-order valence-corrected chi connectivity index (χ0v) is 13.8. The summed E-state index contributed by atoms with van der Waals surface area (Å²) in [5.41, 5.74) is 7.52. The van der Waals surface area contributed by atoms with Gasteiger partial charge in [0.1, 0.15) is 0 Å². The van der Waals surface area contributed by atoms with E-state index in [0.29, 0.717) is 19.4 Å². The SMILES string of the molecule is CC(=O)O.N[C@@H]1CC[C@H](C(=O)NCc2cccc(CO)c2)C[C@H]1O.